The molecule has 1 aromatic rings. The second kappa shape index (κ2) is 3.34. The maximum Gasteiger partial charge on any atom is 0.123 e. The molecular weight excluding hydrogens is 143 g/mol. The molecule has 1 aromatic carbocycles. The lowest BCUT2D eigenvalue weighted by Crippen LogP contribution is -2.19. The molecule has 1 rings (SSSR count). The first-order chi connectivity index (χ1) is 5.18. The lowest BCUT2D eigenvalue weighted by atomic mass is 10.3. The van der Waals surface area contributed by atoms with Gasteiger partial charge < -0.3 is 5.43 Å². The van der Waals surface area contributed by atoms with Crippen LogP contribution >= 0.6 is 0 Å². The van der Waals surface area contributed by atoms with Gasteiger partial charge in [-0.05, 0) is 24.3 Å². The van der Waals surface area contributed by atoms with Crippen molar-refractivity contribution >= 4 is 5.69 Å². The number of benzene rings is 1. The summed E-state index contributed by atoms with van der Waals surface area (Å²) in [5.41, 5.74) is 3.88. The van der Waals surface area contributed by atoms with Gasteiger partial charge in [0.2, 0.25) is 0 Å². The summed E-state index contributed by atoms with van der Waals surface area (Å²) in [6, 6.07) is 6.22. The first-order valence-electron chi connectivity index (χ1n) is 3.38. The highest BCUT2D eigenvalue weighted by Gasteiger charge is 1.92. The third kappa shape index (κ3) is 2.55. The average molecular weight is 154 g/mol. The van der Waals surface area contributed by atoms with Gasteiger partial charge in [-0.15, -0.1) is 0 Å². The molecule has 3 heteroatoms. The standard InChI is InChI=1S/C8H11FN2/c1-11(2)10-8-5-3-7(9)4-6-8/h3-6,10H,1-2H3. The number of hydrogen-bond donors (Lipinski definition) is 1. The number of hydrazine groups is 1. The molecule has 0 spiro atoms. The Hall–Kier alpha value is -1.09. The zero-order valence-corrected chi connectivity index (χ0v) is 6.63. The number of hydrogen-bond acceptors (Lipinski definition) is 2. The molecule has 0 amide bonds. The largest absolute Gasteiger partial charge is 0.319 e. The molecule has 0 bridgehead atoms. The summed E-state index contributed by atoms with van der Waals surface area (Å²) in [5.74, 6) is -0.214. The number of halogens is 1. The van der Waals surface area contributed by atoms with E-state index >= 15 is 0 Å². The van der Waals surface area contributed by atoms with Crippen molar-refractivity contribution in [3.63, 3.8) is 0 Å². The summed E-state index contributed by atoms with van der Waals surface area (Å²) in [5, 5.41) is 1.80. The predicted molar refractivity (Wildman–Crippen MR) is 43.7 cm³/mol. The van der Waals surface area contributed by atoms with Crippen LogP contribution in [0.1, 0.15) is 0 Å². The zero-order chi connectivity index (χ0) is 8.27. The zero-order valence-electron chi connectivity index (χ0n) is 6.63. The van der Waals surface area contributed by atoms with E-state index < -0.39 is 0 Å². The minimum Gasteiger partial charge on any atom is -0.319 e. The molecule has 0 fully saturated rings. The Morgan fingerprint density at radius 3 is 2.18 bits per heavy atom. The molecule has 0 heterocycles. The van der Waals surface area contributed by atoms with Gasteiger partial charge in [0.1, 0.15) is 5.82 Å². The lowest BCUT2D eigenvalue weighted by Gasteiger charge is -2.12. The van der Waals surface area contributed by atoms with Crippen LogP contribution in [0.3, 0.4) is 0 Å². The van der Waals surface area contributed by atoms with Crippen molar-refractivity contribution in [3.05, 3.63) is 30.1 Å². The highest BCUT2D eigenvalue weighted by molar-refractivity contribution is 5.41. The normalized spacial score (nSPS) is 10.2. The van der Waals surface area contributed by atoms with Crippen LogP contribution in [0.5, 0.6) is 0 Å². The van der Waals surface area contributed by atoms with E-state index in [0.29, 0.717) is 0 Å². The van der Waals surface area contributed by atoms with Gasteiger partial charge in [0.05, 0.1) is 0 Å². The summed E-state index contributed by atoms with van der Waals surface area (Å²) < 4.78 is 12.4. The van der Waals surface area contributed by atoms with Crippen molar-refractivity contribution in [2.24, 2.45) is 0 Å². The summed E-state index contributed by atoms with van der Waals surface area (Å²) in [6.07, 6.45) is 0. The van der Waals surface area contributed by atoms with Crippen LogP contribution in [0, 0.1) is 5.82 Å². The summed E-state index contributed by atoms with van der Waals surface area (Å²) in [6.45, 7) is 0. The van der Waals surface area contributed by atoms with Gasteiger partial charge in [-0.25, -0.2) is 9.40 Å². The van der Waals surface area contributed by atoms with Gasteiger partial charge in [0, 0.05) is 19.8 Å². The van der Waals surface area contributed by atoms with E-state index in [9.17, 15) is 4.39 Å². The van der Waals surface area contributed by atoms with Crippen LogP contribution in [0.15, 0.2) is 24.3 Å². The Balaban J connectivity index is 2.66. The van der Waals surface area contributed by atoms with Gasteiger partial charge in [-0.1, -0.05) is 0 Å². The fourth-order valence-electron chi connectivity index (χ4n) is 0.783. The highest BCUT2D eigenvalue weighted by atomic mass is 19.1. The molecule has 1 N–H and O–H groups in total. The first kappa shape index (κ1) is 8.01. The molecule has 0 saturated carbocycles. The Bertz CT molecular complexity index is 218. The Kier molecular flexibility index (Phi) is 2.44. The first-order valence-corrected chi connectivity index (χ1v) is 3.38. The van der Waals surface area contributed by atoms with Crippen molar-refractivity contribution in [3.8, 4) is 0 Å². The monoisotopic (exact) mass is 154 g/mol. The van der Waals surface area contributed by atoms with E-state index in [1.165, 1.54) is 12.1 Å². The van der Waals surface area contributed by atoms with Crippen molar-refractivity contribution in [2.45, 2.75) is 0 Å². The minimum absolute atomic E-state index is 0.214. The van der Waals surface area contributed by atoms with E-state index in [0.717, 1.165) is 5.69 Å². The van der Waals surface area contributed by atoms with E-state index in [4.69, 9.17) is 0 Å². The van der Waals surface area contributed by atoms with Gasteiger partial charge in [-0.2, -0.15) is 0 Å². The molecule has 0 aliphatic heterocycles. The highest BCUT2D eigenvalue weighted by Crippen LogP contribution is 2.07. The maximum atomic E-state index is 12.4. The molecule has 0 unspecified atom stereocenters. The summed E-state index contributed by atoms with van der Waals surface area (Å²) in [4.78, 5) is 0. The van der Waals surface area contributed by atoms with Crippen LogP contribution in [0.4, 0.5) is 10.1 Å². The number of nitrogens with one attached hydrogen (secondary N) is 1. The Morgan fingerprint density at radius 2 is 1.73 bits per heavy atom. The van der Waals surface area contributed by atoms with Crippen molar-refractivity contribution in [2.75, 3.05) is 19.5 Å². The Labute approximate surface area is 65.6 Å². The molecule has 0 aliphatic carbocycles. The smallest absolute Gasteiger partial charge is 0.123 e. The molecule has 0 aromatic heterocycles. The van der Waals surface area contributed by atoms with Crippen molar-refractivity contribution in [1.29, 1.82) is 0 Å². The molecule has 60 valence electrons. The number of anilines is 1. The van der Waals surface area contributed by atoms with Crippen LogP contribution in [0.2, 0.25) is 0 Å². The number of nitrogens with zero attached hydrogens (tertiary/aromatic N) is 1. The predicted octanol–water partition coefficient (Wildman–Crippen LogP) is 1.71. The van der Waals surface area contributed by atoms with Crippen LogP contribution in [0.25, 0.3) is 0 Å². The number of rotatable bonds is 2. The van der Waals surface area contributed by atoms with Gasteiger partial charge in [0.25, 0.3) is 0 Å². The second-order valence-electron chi connectivity index (χ2n) is 2.51. The van der Waals surface area contributed by atoms with E-state index in [1.54, 1.807) is 17.1 Å². The molecule has 11 heavy (non-hydrogen) atoms. The maximum absolute atomic E-state index is 12.4. The summed E-state index contributed by atoms with van der Waals surface area (Å²) in [7, 11) is 3.76. The van der Waals surface area contributed by atoms with E-state index in [1.807, 2.05) is 14.1 Å². The van der Waals surface area contributed by atoms with Gasteiger partial charge in [-0.3, -0.25) is 0 Å². The molecule has 0 radical (unpaired) electrons. The van der Waals surface area contributed by atoms with Crippen LogP contribution in [-0.2, 0) is 0 Å². The SMILES string of the molecule is CN(C)Nc1ccc(F)cc1. The van der Waals surface area contributed by atoms with Crippen LogP contribution < -0.4 is 5.43 Å². The molecule has 0 aliphatic rings. The quantitative estimate of drug-likeness (QED) is 0.652. The fraction of sp³-hybridized carbons (Fsp3) is 0.250. The van der Waals surface area contributed by atoms with Gasteiger partial charge >= 0.3 is 0 Å². The Morgan fingerprint density at radius 1 is 1.18 bits per heavy atom. The van der Waals surface area contributed by atoms with E-state index in [-0.39, 0.29) is 5.82 Å². The third-order valence-corrected chi connectivity index (χ3v) is 1.20. The topological polar surface area (TPSA) is 15.3 Å². The van der Waals surface area contributed by atoms with Crippen LogP contribution in [-0.4, -0.2) is 19.1 Å². The molecular formula is C8H11FN2. The van der Waals surface area contributed by atoms with Crippen molar-refractivity contribution < 1.29 is 4.39 Å². The van der Waals surface area contributed by atoms with Gasteiger partial charge in [0.15, 0.2) is 0 Å². The third-order valence-electron chi connectivity index (χ3n) is 1.20. The minimum atomic E-state index is -0.214. The molecule has 2 nitrogen and oxygen atoms in total. The summed E-state index contributed by atoms with van der Waals surface area (Å²) >= 11 is 0. The average Bonchev–Trinajstić information content (AvgIpc) is 1.93. The van der Waals surface area contributed by atoms with E-state index in [2.05, 4.69) is 5.43 Å². The fourth-order valence-corrected chi connectivity index (χ4v) is 0.783. The second-order valence-corrected chi connectivity index (χ2v) is 2.51. The molecule has 0 saturated heterocycles. The lowest BCUT2D eigenvalue weighted by molar-refractivity contribution is 0.495. The van der Waals surface area contributed by atoms with Crippen molar-refractivity contribution in [1.82, 2.24) is 5.01 Å². The molecule has 0 atom stereocenters.